The molecule has 2 aromatic carbocycles. The molecule has 3 aromatic rings. The highest BCUT2D eigenvalue weighted by atomic mass is 35.5. The summed E-state index contributed by atoms with van der Waals surface area (Å²) in [4.78, 5) is 19.2. The summed E-state index contributed by atoms with van der Waals surface area (Å²) in [6, 6.07) is 16.4. The van der Waals surface area contributed by atoms with Crippen LogP contribution in [0.4, 0.5) is 10.8 Å². The SMILES string of the molecule is Cc1sc(N(Cc2ccc(Cl)cc2)c2ccc(C#N)cc2)nc1C(=O)NS(C)(=O)=O. The minimum atomic E-state index is -3.70. The number of anilines is 2. The smallest absolute Gasteiger partial charge is 0.284 e. The maximum Gasteiger partial charge on any atom is 0.284 e. The first kappa shape index (κ1) is 21.8. The van der Waals surface area contributed by atoms with Crippen LogP contribution in [-0.2, 0) is 16.6 Å². The van der Waals surface area contributed by atoms with Crippen molar-refractivity contribution in [3.8, 4) is 6.07 Å². The van der Waals surface area contributed by atoms with Gasteiger partial charge in [-0.15, -0.1) is 11.3 Å². The van der Waals surface area contributed by atoms with E-state index in [4.69, 9.17) is 16.9 Å². The number of sulfonamides is 1. The first-order chi connectivity index (χ1) is 14.2. The van der Waals surface area contributed by atoms with Crippen molar-refractivity contribution in [1.82, 2.24) is 9.71 Å². The molecule has 0 atom stereocenters. The fourth-order valence-electron chi connectivity index (χ4n) is 2.68. The topological polar surface area (TPSA) is 103 Å². The van der Waals surface area contributed by atoms with E-state index < -0.39 is 15.9 Å². The van der Waals surface area contributed by atoms with Crippen LogP contribution >= 0.6 is 22.9 Å². The van der Waals surface area contributed by atoms with Crippen LogP contribution < -0.4 is 9.62 Å². The van der Waals surface area contributed by atoms with Crippen molar-refractivity contribution >= 4 is 49.7 Å². The number of nitrogens with zero attached hydrogens (tertiary/aromatic N) is 3. The minimum Gasteiger partial charge on any atom is -0.313 e. The average molecular weight is 461 g/mol. The number of carbonyl (C=O) groups is 1. The summed E-state index contributed by atoms with van der Waals surface area (Å²) in [5.74, 6) is -0.774. The molecule has 0 saturated heterocycles. The molecule has 0 fully saturated rings. The summed E-state index contributed by atoms with van der Waals surface area (Å²) in [6.45, 7) is 2.14. The second-order valence-corrected chi connectivity index (χ2v) is 9.84. The van der Waals surface area contributed by atoms with Crippen LogP contribution in [0.25, 0.3) is 0 Å². The molecule has 1 heterocycles. The van der Waals surface area contributed by atoms with Gasteiger partial charge in [-0.2, -0.15) is 5.26 Å². The lowest BCUT2D eigenvalue weighted by atomic mass is 10.2. The van der Waals surface area contributed by atoms with Gasteiger partial charge in [0.05, 0.1) is 24.4 Å². The monoisotopic (exact) mass is 460 g/mol. The van der Waals surface area contributed by atoms with E-state index in [-0.39, 0.29) is 5.69 Å². The summed E-state index contributed by atoms with van der Waals surface area (Å²) in [6.07, 6.45) is 0.914. The van der Waals surface area contributed by atoms with E-state index in [0.717, 1.165) is 17.5 Å². The Kier molecular flexibility index (Phi) is 6.41. The van der Waals surface area contributed by atoms with Crippen molar-refractivity contribution in [2.75, 3.05) is 11.2 Å². The summed E-state index contributed by atoms with van der Waals surface area (Å²) in [5.41, 5.74) is 2.30. The molecule has 1 amide bonds. The predicted octanol–water partition coefficient (Wildman–Crippen LogP) is 4.00. The predicted molar refractivity (Wildman–Crippen MR) is 118 cm³/mol. The van der Waals surface area contributed by atoms with Gasteiger partial charge in [-0.05, 0) is 48.9 Å². The zero-order valence-electron chi connectivity index (χ0n) is 16.1. The van der Waals surface area contributed by atoms with Gasteiger partial charge in [0.1, 0.15) is 5.69 Å². The normalized spacial score (nSPS) is 11.0. The Hall–Kier alpha value is -2.93. The highest BCUT2D eigenvalue weighted by molar-refractivity contribution is 7.89. The zero-order chi connectivity index (χ0) is 21.9. The number of amides is 1. The Balaban J connectivity index is 2.01. The van der Waals surface area contributed by atoms with Crippen molar-refractivity contribution in [1.29, 1.82) is 5.26 Å². The number of carbonyl (C=O) groups excluding carboxylic acids is 1. The second kappa shape index (κ2) is 8.83. The molecule has 0 bridgehead atoms. The molecule has 30 heavy (non-hydrogen) atoms. The quantitative estimate of drug-likeness (QED) is 0.596. The van der Waals surface area contributed by atoms with Crippen LogP contribution in [0.3, 0.4) is 0 Å². The number of benzene rings is 2. The lowest BCUT2D eigenvalue weighted by Crippen LogP contribution is -2.30. The fraction of sp³-hybridized carbons (Fsp3) is 0.150. The molecule has 0 spiro atoms. The van der Waals surface area contributed by atoms with Gasteiger partial charge in [-0.25, -0.2) is 18.1 Å². The third kappa shape index (κ3) is 5.36. The van der Waals surface area contributed by atoms with E-state index in [2.05, 4.69) is 11.1 Å². The molecule has 10 heteroatoms. The second-order valence-electron chi connectivity index (χ2n) is 6.48. The third-order valence-electron chi connectivity index (χ3n) is 4.07. The maximum absolute atomic E-state index is 12.3. The largest absolute Gasteiger partial charge is 0.313 e. The highest BCUT2D eigenvalue weighted by Crippen LogP contribution is 2.33. The van der Waals surface area contributed by atoms with Crippen LogP contribution in [0.15, 0.2) is 48.5 Å². The molecule has 0 radical (unpaired) electrons. The molecule has 0 aliphatic carbocycles. The summed E-state index contributed by atoms with van der Waals surface area (Å²) in [7, 11) is -3.70. The molecule has 3 rings (SSSR count). The number of nitriles is 1. The van der Waals surface area contributed by atoms with Gasteiger partial charge < -0.3 is 4.90 Å². The van der Waals surface area contributed by atoms with Gasteiger partial charge in [0, 0.05) is 15.6 Å². The standard InChI is InChI=1S/C20H17ClN4O3S2/c1-13-18(19(26)24-30(2,27)28)23-20(29-13)25(12-15-3-7-16(21)8-4-15)17-9-5-14(11-22)6-10-17/h3-10H,12H2,1-2H3,(H,24,26). The van der Waals surface area contributed by atoms with Crippen molar-refractivity contribution < 1.29 is 13.2 Å². The Bertz CT molecular complexity index is 1210. The number of aromatic nitrogens is 1. The summed E-state index contributed by atoms with van der Waals surface area (Å²) >= 11 is 7.25. The Morgan fingerprint density at radius 2 is 1.83 bits per heavy atom. The van der Waals surface area contributed by atoms with Gasteiger partial charge in [-0.1, -0.05) is 23.7 Å². The molecule has 154 valence electrons. The highest BCUT2D eigenvalue weighted by Gasteiger charge is 2.22. The molecule has 1 aromatic heterocycles. The molecule has 1 N–H and O–H groups in total. The van der Waals surface area contributed by atoms with Gasteiger partial charge in [0.2, 0.25) is 10.0 Å². The van der Waals surface area contributed by atoms with E-state index in [1.54, 1.807) is 43.3 Å². The minimum absolute atomic E-state index is 0.0511. The molecular weight excluding hydrogens is 444 g/mol. The summed E-state index contributed by atoms with van der Waals surface area (Å²) < 4.78 is 24.8. The molecule has 7 nitrogen and oxygen atoms in total. The molecular formula is C20H17ClN4O3S2. The van der Waals surface area contributed by atoms with E-state index >= 15 is 0 Å². The van der Waals surface area contributed by atoms with Crippen molar-refractivity contribution in [2.24, 2.45) is 0 Å². The van der Waals surface area contributed by atoms with Gasteiger partial charge >= 0.3 is 0 Å². The average Bonchev–Trinajstić information content (AvgIpc) is 3.08. The van der Waals surface area contributed by atoms with E-state index in [0.29, 0.717) is 27.1 Å². The maximum atomic E-state index is 12.3. The van der Waals surface area contributed by atoms with Crippen LogP contribution in [0.5, 0.6) is 0 Å². The van der Waals surface area contributed by atoms with Crippen molar-refractivity contribution in [2.45, 2.75) is 13.5 Å². The number of hydrogen-bond donors (Lipinski definition) is 1. The molecule has 0 saturated carbocycles. The van der Waals surface area contributed by atoms with Crippen molar-refractivity contribution in [3.05, 3.63) is 75.3 Å². The lowest BCUT2D eigenvalue weighted by Gasteiger charge is -2.22. The van der Waals surface area contributed by atoms with Crippen LogP contribution in [-0.4, -0.2) is 25.6 Å². The number of thiazole rings is 1. The van der Waals surface area contributed by atoms with Crippen LogP contribution in [0.1, 0.15) is 26.5 Å². The van der Waals surface area contributed by atoms with Crippen LogP contribution in [0, 0.1) is 18.3 Å². The van der Waals surface area contributed by atoms with Crippen molar-refractivity contribution in [3.63, 3.8) is 0 Å². The molecule has 0 aliphatic heterocycles. The van der Waals surface area contributed by atoms with Gasteiger partial charge in [-0.3, -0.25) is 4.79 Å². The number of rotatable bonds is 6. The van der Waals surface area contributed by atoms with Crippen LogP contribution in [0.2, 0.25) is 5.02 Å². The Morgan fingerprint density at radius 3 is 2.40 bits per heavy atom. The Morgan fingerprint density at radius 1 is 1.20 bits per heavy atom. The van der Waals surface area contributed by atoms with E-state index in [9.17, 15) is 13.2 Å². The number of hydrogen-bond acceptors (Lipinski definition) is 7. The van der Waals surface area contributed by atoms with Gasteiger partial charge in [0.25, 0.3) is 5.91 Å². The summed E-state index contributed by atoms with van der Waals surface area (Å²) in [5, 5.41) is 10.2. The number of halogens is 1. The fourth-order valence-corrected chi connectivity index (χ4v) is 4.17. The lowest BCUT2D eigenvalue weighted by molar-refractivity contribution is 0.0977. The first-order valence-corrected chi connectivity index (χ1v) is 11.8. The Labute approximate surface area is 183 Å². The third-order valence-corrected chi connectivity index (χ3v) is 5.87. The van der Waals surface area contributed by atoms with E-state index in [1.165, 1.54) is 11.3 Å². The van der Waals surface area contributed by atoms with E-state index in [1.807, 2.05) is 21.8 Å². The molecule has 0 unspecified atom stereocenters. The molecule has 0 aliphatic rings. The number of nitrogens with one attached hydrogen (secondary N) is 1. The first-order valence-electron chi connectivity index (χ1n) is 8.68. The zero-order valence-corrected chi connectivity index (χ0v) is 18.5. The van der Waals surface area contributed by atoms with Gasteiger partial charge in [0.15, 0.2) is 5.13 Å². The number of aryl methyl sites for hydroxylation is 1.